The van der Waals surface area contributed by atoms with E-state index in [0.717, 1.165) is 41.9 Å². The van der Waals surface area contributed by atoms with Crippen molar-refractivity contribution in [3.8, 4) is 17.1 Å². The predicted octanol–water partition coefficient (Wildman–Crippen LogP) is 4.49. The molecule has 0 unspecified atom stereocenters. The van der Waals surface area contributed by atoms with E-state index < -0.39 is 11.7 Å². The number of piperidine rings is 1. The number of rotatable bonds is 4. The number of alkyl halides is 3. The molecule has 1 saturated carbocycles. The SMILES string of the molecule is Cc1cnn(C)c1-c1ccccc1C(=O)N1C[C@H]2C[C@@H](Oc3ccc(C(F)(F)F)cn3)[C@@H]1C2. The number of hydrogen-bond acceptors (Lipinski definition) is 4. The number of fused-ring (bicyclic) bond motifs is 2. The van der Waals surface area contributed by atoms with Crippen molar-refractivity contribution in [3.63, 3.8) is 0 Å². The van der Waals surface area contributed by atoms with Crippen LogP contribution in [0.5, 0.6) is 5.88 Å². The first-order chi connectivity index (χ1) is 15.7. The summed E-state index contributed by atoms with van der Waals surface area (Å²) in [6, 6.07) is 9.54. The molecule has 1 aliphatic heterocycles. The molecule has 172 valence electrons. The lowest BCUT2D eigenvalue weighted by Gasteiger charge is -2.33. The van der Waals surface area contributed by atoms with Gasteiger partial charge in [0.15, 0.2) is 0 Å². The molecule has 1 aromatic carbocycles. The fourth-order valence-electron chi connectivity index (χ4n) is 5.06. The van der Waals surface area contributed by atoms with Crippen molar-refractivity contribution >= 4 is 5.91 Å². The smallest absolute Gasteiger partial charge is 0.417 e. The number of amides is 1. The summed E-state index contributed by atoms with van der Waals surface area (Å²) >= 11 is 0. The number of likely N-dealkylation sites (tertiary alicyclic amines) is 1. The molecular formula is C24H23F3N4O2. The lowest BCUT2D eigenvalue weighted by molar-refractivity contribution is -0.137. The van der Waals surface area contributed by atoms with Gasteiger partial charge in [0.2, 0.25) is 5.88 Å². The number of carbonyl (C=O) groups excluding carboxylic acids is 1. The highest BCUT2D eigenvalue weighted by molar-refractivity contribution is 6.01. The molecule has 2 aromatic heterocycles. The van der Waals surface area contributed by atoms with Crippen LogP contribution in [0.15, 0.2) is 48.8 Å². The minimum Gasteiger partial charge on any atom is -0.472 e. The van der Waals surface area contributed by atoms with E-state index in [1.807, 2.05) is 43.1 Å². The normalized spacial score (nSPS) is 22.1. The summed E-state index contributed by atoms with van der Waals surface area (Å²) in [6.07, 6.45) is -0.639. The van der Waals surface area contributed by atoms with Crippen molar-refractivity contribution in [2.24, 2.45) is 13.0 Å². The number of aryl methyl sites for hydroxylation is 2. The van der Waals surface area contributed by atoms with Gasteiger partial charge in [0, 0.05) is 37.0 Å². The van der Waals surface area contributed by atoms with Crippen molar-refractivity contribution < 1.29 is 22.7 Å². The molecule has 0 N–H and O–H groups in total. The fourth-order valence-corrected chi connectivity index (χ4v) is 5.06. The summed E-state index contributed by atoms with van der Waals surface area (Å²) < 4.78 is 46.1. The maximum absolute atomic E-state index is 13.6. The lowest BCUT2D eigenvalue weighted by atomic mass is 9.99. The average Bonchev–Trinajstić information content (AvgIpc) is 3.47. The molecule has 1 amide bonds. The standard InChI is InChI=1S/C24H23F3N4O2/c1-14-11-29-30(2)22(14)17-5-3-4-6-18(17)23(32)31-13-15-9-19(31)20(10-15)33-21-8-7-16(12-28-21)24(25,26)27/h3-8,11-12,15,19-20H,9-10,13H2,1-2H3/t15-,19+,20-/m1/s1. The zero-order valence-corrected chi connectivity index (χ0v) is 18.2. The number of hydrogen-bond donors (Lipinski definition) is 0. The van der Waals surface area contributed by atoms with Crippen LogP contribution in [0.4, 0.5) is 13.2 Å². The Hall–Kier alpha value is -3.36. The highest BCUT2D eigenvalue weighted by Crippen LogP contribution is 2.41. The molecule has 1 aliphatic carbocycles. The fraction of sp³-hybridized carbons (Fsp3) is 0.375. The molecule has 2 aliphatic rings. The third-order valence-electron chi connectivity index (χ3n) is 6.56. The second kappa shape index (κ2) is 7.90. The second-order valence-corrected chi connectivity index (χ2v) is 8.75. The first kappa shape index (κ1) is 21.5. The van der Waals surface area contributed by atoms with E-state index >= 15 is 0 Å². The summed E-state index contributed by atoms with van der Waals surface area (Å²) in [4.78, 5) is 19.3. The molecule has 2 bridgehead atoms. The van der Waals surface area contributed by atoms with Crippen LogP contribution in [-0.2, 0) is 13.2 Å². The number of ether oxygens (including phenoxy) is 1. The Labute approximate surface area is 189 Å². The first-order valence-corrected chi connectivity index (χ1v) is 10.8. The van der Waals surface area contributed by atoms with Gasteiger partial charge in [-0.2, -0.15) is 18.3 Å². The average molecular weight is 456 g/mol. The van der Waals surface area contributed by atoms with Gasteiger partial charge in [0.1, 0.15) is 6.10 Å². The van der Waals surface area contributed by atoms with Crippen LogP contribution < -0.4 is 4.74 Å². The highest BCUT2D eigenvalue weighted by Gasteiger charge is 2.48. The minimum atomic E-state index is -4.44. The predicted molar refractivity (Wildman–Crippen MR) is 115 cm³/mol. The summed E-state index contributed by atoms with van der Waals surface area (Å²) in [5.74, 6) is 0.357. The third kappa shape index (κ3) is 3.85. The van der Waals surface area contributed by atoms with Crippen LogP contribution in [0.25, 0.3) is 11.3 Å². The Balaban J connectivity index is 1.37. The van der Waals surface area contributed by atoms with Crippen LogP contribution in [0, 0.1) is 12.8 Å². The Morgan fingerprint density at radius 2 is 1.91 bits per heavy atom. The van der Waals surface area contributed by atoms with E-state index in [1.165, 1.54) is 6.07 Å². The minimum absolute atomic E-state index is 0.0765. The van der Waals surface area contributed by atoms with Crippen LogP contribution in [0.1, 0.15) is 34.3 Å². The maximum Gasteiger partial charge on any atom is 0.417 e. The zero-order chi connectivity index (χ0) is 23.3. The number of halogens is 3. The van der Waals surface area contributed by atoms with Gasteiger partial charge < -0.3 is 9.64 Å². The van der Waals surface area contributed by atoms with Gasteiger partial charge in [-0.15, -0.1) is 0 Å². The van der Waals surface area contributed by atoms with Crippen LogP contribution >= 0.6 is 0 Å². The van der Waals surface area contributed by atoms with Crippen LogP contribution in [0.3, 0.4) is 0 Å². The van der Waals surface area contributed by atoms with E-state index in [4.69, 9.17) is 4.74 Å². The summed E-state index contributed by atoms with van der Waals surface area (Å²) in [5, 5.41) is 4.30. The molecule has 3 atom stereocenters. The van der Waals surface area contributed by atoms with E-state index in [9.17, 15) is 18.0 Å². The molecule has 2 fully saturated rings. The van der Waals surface area contributed by atoms with Gasteiger partial charge in [0.05, 0.1) is 23.5 Å². The number of benzene rings is 1. The van der Waals surface area contributed by atoms with Gasteiger partial charge >= 0.3 is 6.18 Å². The first-order valence-electron chi connectivity index (χ1n) is 10.8. The lowest BCUT2D eigenvalue weighted by Crippen LogP contribution is -2.47. The molecule has 6 nitrogen and oxygen atoms in total. The monoisotopic (exact) mass is 456 g/mol. The zero-order valence-electron chi connectivity index (χ0n) is 18.2. The number of nitrogens with zero attached hydrogens (tertiary/aromatic N) is 4. The molecule has 3 heterocycles. The number of pyridine rings is 1. The van der Waals surface area contributed by atoms with Gasteiger partial charge in [0.25, 0.3) is 5.91 Å². The van der Waals surface area contributed by atoms with Crippen molar-refractivity contribution in [1.29, 1.82) is 0 Å². The molecular weight excluding hydrogens is 433 g/mol. The quantitative estimate of drug-likeness (QED) is 0.581. The van der Waals surface area contributed by atoms with E-state index in [0.29, 0.717) is 18.0 Å². The Morgan fingerprint density at radius 1 is 1.12 bits per heavy atom. The van der Waals surface area contributed by atoms with E-state index in [1.54, 1.807) is 10.9 Å². The summed E-state index contributed by atoms with van der Waals surface area (Å²) in [6.45, 7) is 2.60. The summed E-state index contributed by atoms with van der Waals surface area (Å²) in [5.41, 5.74) is 2.48. The molecule has 33 heavy (non-hydrogen) atoms. The highest BCUT2D eigenvalue weighted by atomic mass is 19.4. The molecule has 0 radical (unpaired) electrons. The maximum atomic E-state index is 13.6. The molecule has 5 rings (SSSR count). The Kier molecular flexibility index (Phi) is 5.14. The van der Waals surface area contributed by atoms with Gasteiger partial charge in [-0.25, -0.2) is 4.98 Å². The van der Waals surface area contributed by atoms with E-state index in [-0.39, 0.29) is 23.9 Å². The topological polar surface area (TPSA) is 60.2 Å². The third-order valence-corrected chi connectivity index (χ3v) is 6.56. The largest absolute Gasteiger partial charge is 0.472 e. The van der Waals surface area contributed by atoms with Crippen molar-refractivity contribution in [1.82, 2.24) is 19.7 Å². The van der Waals surface area contributed by atoms with Gasteiger partial charge in [-0.05, 0) is 43.4 Å². The van der Waals surface area contributed by atoms with Crippen LogP contribution in [0.2, 0.25) is 0 Å². The Morgan fingerprint density at radius 3 is 2.55 bits per heavy atom. The van der Waals surface area contributed by atoms with Crippen molar-refractivity contribution in [3.05, 3.63) is 65.5 Å². The van der Waals surface area contributed by atoms with Crippen molar-refractivity contribution in [2.75, 3.05) is 6.54 Å². The van der Waals surface area contributed by atoms with Crippen molar-refractivity contribution in [2.45, 2.75) is 38.1 Å². The molecule has 9 heteroatoms. The molecule has 0 spiro atoms. The van der Waals surface area contributed by atoms with Gasteiger partial charge in [-0.3, -0.25) is 9.48 Å². The Bertz CT molecular complexity index is 1170. The number of carbonyl (C=O) groups is 1. The molecule has 3 aromatic rings. The second-order valence-electron chi connectivity index (χ2n) is 8.75. The van der Waals surface area contributed by atoms with E-state index in [2.05, 4.69) is 10.1 Å². The summed E-state index contributed by atoms with van der Waals surface area (Å²) in [7, 11) is 1.85. The number of aromatic nitrogens is 3. The van der Waals surface area contributed by atoms with Crippen LogP contribution in [-0.4, -0.2) is 44.3 Å². The molecule has 1 saturated heterocycles. The van der Waals surface area contributed by atoms with Gasteiger partial charge in [-0.1, -0.05) is 18.2 Å².